The lowest BCUT2D eigenvalue weighted by molar-refractivity contribution is 0.101. The highest BCUT2D eigenvalue weighted by atomic mass is 35.5. The lowest BCUT2D eigenvalue weighted by Crippen LogP contribution is -1.97. The Labute approximate surface area is 122 Å². The SMILES string of the molecule is COc1ccc2c(c1)OC(=Cc1ccncc1)C2=O.Cl. The second kappa shape index (κ2) is 5.75. The number of ether oxygens (including phenoxy) is 2. The van der Waals surface area contributed by atoms with E-state index in [9.17, 15) is 4.79 Å². The molecule has 4 nitrogen and oxygen atoms in total. The van der Waals surface area contributed by atoms with Crippen molar-refractivity contribution in [2.24, 2.45) is 0 Å². The molecule has 1 aliphatic heterocycles. The molecule has 102 valence electrons. The van der Waals surface area contributed by atoms with Gasteiger partial charge in [-0.05, 0) is 35.9 Å². The third-order valence-electron chi connectivity index (χ3n) is 2.88. The Morgan fingerprint density at radius 1 is 1.20 bits per heavy atom. The minimum atomic E-state index is -0.116. The van der Waals surface area contributed by atoms with Gasteiger partial charge in [-0.25, -0.2) is 0 Å². The third-order valence-corrected chi connectivity index (χ3v) is 2.88. The minimum absolute atomic E-state index is 0. The lowest BCUT2D eigenvalue weighted by Gasteiger charge is -2.01. The maximum atomic E-state index is 12.2. The number of hydrogen-bond acceptors (Lipinski definition) is 4. The Kier molecular flexibility index (Phi) is 4.05. The van der Waals surface area contributed by atoms with E-state index < -0.39 is 0 Å². The highest BCUT2D eigenvalue weighted by molar-refractivity contribution is 6.14. The smallest absolute Gasteiger partial charge is 0.231 e. The number of aromatic nitrogens is 1. The number of carbonyl (C=O) groups is 1. The normalized spacial score (nSPS) is 14.4. The van der Waals surface area contributed by atoms with Gasteiger partial charge in [0.1, 0.15) is 11.5 Å². The van der Waals surface area contributed by atoms with E-state index in [-0.39, 0.29) is 18.2 Å². The van der Waals surface area contributed by atoms with Gasteiger partial charge < -0.3 is 9.47 Å². The van der Waals surface area contributed by atoms with Crippen molar-refractivity contribution in [3.05, 3.63) is 59.6 Å². The Balaban J connectivity index is 0.00000147. The molecule has 0 saturated carbocycles. The molecular weight excluding hydrogens is 278 g/mol. The van der Waals surface area contributed by atoms with Crippen LogP contribution < -0.4 is 9.47 Å². The van der Waals surface area contributed by atoms with Crippen LogP contribution in [0.25, 0.3) is 6.08 Å². The van der Waals surface area contributed by atoms with Gasteiger partial charge in [0.05, 0.1) is 12.7 Å². The molecule has 1 aromatic carbocycles. The summed E-state index contributed by atoms with van der Waals surface area (Å²) >= 11 is 0. The molecule has 2 heterocycles. The molecule has 0 amide bonds. The number of Topliss-reactive ketones (excluding diaryl/α,β-unsaturated/α-hetero) is 1. The van der Waals surface area contributed by atoms with Crippen molar-refractivity contribution in [1.29, 1.82) is 0 Å². The quantitative estimate of drug-likeness (QED) is 0.797. The van der Waals surface area contributed by atoms with E-state index in [4.69, 9.17) is 9.47 Å². The number of hydrogen-bond donors (Lipinski definition) is 0. The van der Waals surface area contributed by atoms with Crippen LogP contribution in [0.1, 0.15) is 15.9 Å². The Bertz CT molecular complexity index is 668. The van der Waals surface area contributed by atoms with Crippen molar-refractivity contribution in [2.75, 3.05) is 7.11 Å². The number of methoxy groups -OCH3 is 1. The Morgan fingerprint density at radius 3 is 2.65 bits per heavy atom. The highest BCUT2D eigenvalue weighted by Crippen LogP contribution is 2.34. The molecule has 0 fully saturated rings. The average Bonchev–Trinajstić information content (AvgIpc) is 2.76. The molecule has 0 spiro atoms. The predicted octanol–water partition coefficient (Wildman–Crippen LogP) is 3.13. The minimum Gasteiger partial charge on any atom is -0.497 e. The Morgan fingerprint density at radius 2 is 1.95 bits per heavy atom. The van der Waals surface area contributed by atoms with Crippen LogP contribution in [-0.4, -0.2) is 17.9 Å². The molecule has 1 aliphatic rings. The van der Waals surface area contributed by atoms with Crippen molar-refractivity contribution >= 4 is 24.3 Å². The van der Waals surface area contributed by atoms with Crippen LogP contribution in [0, 0.1) is 0 Å². The number of allylic oxidation sites excluding steroid dienone is 1. The number of carbonyl (C=O) groups excluding carboxylic acids is 1. The number of ketones is 1. The first-order valence-electron chi connectivity index (χ1n) is 5.80. The van der Waals surface area contributed by atoms with Crippen LogP contribution in [0.4, 0.5) is 0 Å². The maximum Gasteiger partial charge on any atom is 0.231 e. The summed E-state index contributed by atoms with van der Waals surface area (Å²) in [6.07, 6.45) is 5.04. The van der Waals surface area contributed by atoms with Gasteiger partial charge in [0.15, 0.2) is 5.76 Å². The predicted molar refractivity (Wildman–Crippen MR) is 77.4 cm³/mol. The first-order valence-corrected chi connectivity index (χ1v) is 5.80. The molecule has 3 rings (SSSR count). The molecule has 0 N–H and O–H groups in total. The zero-order valence-electron chi connectivity index (χ0n) is 10.7. The topological polar surface area (TPSA) is 48.4 Å². The van der Waals surface area contributed by atoms with E-state index in [1.807, 2.05) is 12.1 Å². The van der Waals surface area contributed by atoms with E-state index in [1.165, 1.54) is 0 Å². The number of rotatable bonds is 2. The number of nitrogens with zero attached hydrogens (tertiary/aromatic N) is 1. The number of halogens is 1. The van der Waals surface area contributed by atoms with Crippen LogP contribution in [0.5, 0.6) is 11.5 Å². The summed E-state index contributed by atoms with van der Waals surface area (Å²) in [7, 11) is 1.58. The van der Waals surface area contributed by atoms with Crippen LogP contribution in [0.15, 0.2) is 48.5 Å². The molecule has 0 unspecified atom stereocenters. The summed E-state index contributed by atoms with van der Waals surface area (Å²) in [5, 5.41) is 0. The van der Waals surface area contributed by atoms with Gasteiger partial charge in [0.2, 0.25) is 5.78 Å². The fraction of sp³-hybridized carbons (Fsp3) is 0.0667. The molecule has 20 heavy (non-hydrogen) atoms. The van der Waals surface area contributed by atoms with E-state index in [0.29, 0.717) is 22.8 Å². The number of benzene rings is 1. The summed E-state index contributed by atoms with van der Waals surface area (Å²) in [6.45, 7) is 0. The Hall–Kier alpha value is -2.33. The van der Waals surface area contributed by atoms with Gasteiger partial charge in [-0.3, -0.25) is 9.78 Å². The molecule has 1 aromatic heterocycles. The largest absolute Gasteiger partial charge is 0.497 e. The molecular formula is C15H12ClNO3. The van der Waals surface area contributed by atoms with E-state index in [1.54, 1.807) is 43.8 Å². The summed E-state index contributed by atoms with van der Waals surface area (Å²) in [5.41, 5.74) is 1.43. The maximum absolute atomic E-state index is 12.2. The van der Waals surface area contributed by atoms with Gasteiger partial charge in [0.25, 0.3) is 0 Å². The second-order valence-electron chi connectivity index (χ2n) is 4.08. The van der Waals surface area contributed by atoms with Gasteiger partial charge in [-0.2, -0.15) is 0 Å². The molecule has 2 aromatic rings. The summed E-state index contributed by atoms with van der Waals surface area (Å²) < 4.78 is 10.7. The van der Waals surface area contributed by atoms with Gasteiger partial charge in [-0.15, -0.1) is 12.4 Å². The zero-order valence-corrected chi connectivity index (χ0v) is 11.5. The van der Waals surface area contributed by atoms with E-state index >= 15 is 0 Å². The van der Waals surface area contributed by atoms with Crippen molar-refractivity contribution < 1.29 is 14.3 Å². The molecule has 0 aliphatic carbocycles. The van der Waals surface area contributed by atoms with Crippen LogP contribution in [0.3, 0.4) is 0 Å². The highest BCUT2D eigenvalue weighted by Gasteiger charge is 2.27. The monoisotopic (exact) mass is 289 g/mol. The fourth-order valence-electron chi connectivity index (χ4n) is 1.91. The van der Waals surface area contributed by atoms with Gasteiger partial charge >= 0.3 is 0 Å². The summed E-state index contributed by atoms with van der Waals surface area (Å²) in [5.74, 6) is 1.39. The summed E-state index contributed by atoms with van der Waals surface area (Å²) in [6, 6.07) is 8.79. The van der Waals surface area contributed by atoms with Crippen LogP contribution in [0.2, 0.25) is 0 Å². The van der Waals surface area contributed by atoms with Crippen molar-refractivity contribution in [3.8, 4) is 11.5 Å². The standard InChI is InChI=1S/C15H11NO3.ClH/c1-18-11-2-3-12-13(9-11)19-14(15(12)17)8-10-4-6-16-7-5-10;/h2-9H,1H3;1H. The first-order chi connectivity index (χ1) is 9.28. The van der Waals surface area contributed by atoms with Crippen LogP contribution in [-0.2, 0) is 0 Å². The van der Waals surface area contributed by atoms with Crippen molar-refractivity contribution in [2.45, 2.75) is 0 Å². The second-order valence-corrected chi connectivity index (χ2v) is 4.08. The molecule has 5 heteroatoms. The molecule has 0 bridgehead atoms. The van der Waals surface area contributed by atoms with Gasteiger partial charge in [0, 0.05) is 18.5 Å². The third kappa shape index (κ3) is 2.51. The summed E-state index contributed by atoms with van der Waals surface area (Å²) in [4.78, 5) is 16.1. The van der Waals surface area contributed by atoms with Crippen molar-refractivity contribution in [3.63, 3.8) is 0 Å². The zero-order chi connectivity index (χ0) is 13.2. The lowest BCUT2D eigenvalue weighted by atomic mass is 10.1. The average molecular weight is 290 g/mol. The molecule has 0 saturated heterocycles. The van der Waals surface area contributed by atoms with Crippen LogP contribution >= 0.6 is 12.4 Å². The van der Waals surface area contributed by atoms with E-state index in [0.717, 1.165) is 5.56 Å². The fourth-order valence-corrected chi connectivity index (χ4v) is 1.91. The van der Waals surface area contributed by atoms with Gasteiger partial charge in [-0.1, -0.05) is 0 Å². The number of fused-ring (bicyclic) bond motifs is 1. The first kappa shape index (κ1) is 14.1. The van der Waals surface area contributed by atoms with E-state index in [2.05, 4.69) is 4.98 Å². The number of pyridine rings is 1. The van der Waals surface area contributed by atoms with Crippen molar-refractivity contribution in [1.82, 2.24) is 4.98 Å². The molecule has 0 atom stereocenters. The molecule has 0 radical (unpaired) electrons.